The predicted molar refractivity (Wildman–Crippen MR) is 65.7 cm³/mol. The molecule has 0 spiro atoms. The van der Waals surface area contributed by atoms with E-state index in [0.717, 1.165) is 16.0 Å². The van der Waals surface area contributed by atoms with Gasteiger partial charge in [-0.15, -0.1) is 0 Å². The Morgan fingerprint density at radius 2 is 2.07 bits per heavy atom. The molecule has 0 aromatic carbocycles. The predicted octanol–water partition coefficient (Wildman–Crippen LogP) is 3.29. The summed E-state index contributed by atoms with van der Waals surface area (Å²) in [5.74, 6) is 1.47. The van der Waals surface area contributed by atoms with Crippen molar-refractivity contribution in [1.82, 2.24) is 9.78 Å². The summed E-state index contributed by atoms with van der Waals surface area (Å²) in [6.07, 6.45) is 5.14. The number of aromatic nitrogens is 2. The van der Waals surface area contributed by atoms with Crippen LogP contribution in [0.4, 0.5) is 5.82 Å². The summed E-state index contributed by atoms with van der Waals surface area (Å²) in [4.78, 5) is 0. The molecule has 2 unspecified atom stereocenters. The summed E-state index contributed by atoms with van der Waals surface area (Å²) in [6.45, 7) is 4.29. The summed E-state index contributed by atoms with van der Waals surface area (Å²) in [6, 6.07) is 0.490. The highest BCUT2D eigenvalue weighted by Gasteiger charge is 2.26. The molecule has 2 atom stereocenters. The minimum atomic E-state index is 0.490. The Balaban J connectivity index is 2.31. The van der Waals surface area contributed by atoms with Crippen LogP contribution in [0.1, 0.15) is 44.3 Å². The summed E-state index contributed by atoms with van der Waals surface area (Å²) in [5, 5.41) is 4.53. The van der Waals surface area contributed by atoms with Crippen LogP contribution in [0.25, 0.3) is 0 Å². The van der Waals surface area contributed by atoms with Crippen molar-refractivity contribution in [3.63, 3.8) is 0 Å². The van der Waals surface area contributed by atoms with Crippen LogP contribution in [0.5, 0.6) is 0 Å². The number of nitrogens with zero attached hydrogens (tertiary/aromatic N) is 2. The molecule has 3 nitrogen and oxygen atoms in total. The van der Waals surface area contributed by atoms with E-state index in [1.807, 2.05) is 11.6 Å². The van der Waals surface area contributed by atoms with Crippen molar-refractivity contribution in [2.45, 2.75) is 45.6 Å². The maximum absolute atomic E-state index is 6.05. The van der Waals surface area contributed by atoms with E-state index in [-0.39, 0.29) is 0 Å². The fraction of sp³-hybridized carbons (Fsp3) is 0.727. The van der Waals surface area contributed by atoms with Crippen LogP contribution >= 0.6 is 15.9 Å². The standard InChI is InChI=1S/C11H18BrN3/c1-7-5-3-4-6-9(7)15-11(13)10(12)8(2)14-15/h7,9H,3-6,13H2,1-2H3. The molecule has 0 amide bonds. The molecule has 1 saturated carbocycles. The lowest BCUT2D eigenvalue weighted by Crippen LogP contribution is -2.23. The molecule has 1 aliphatic carbocycles. The smallest absolute Gasteiger partial charge is 0.136 e. The van der Waals surface area contributed by atoms with Crippen LogP contribution in [0.3, 0.4) is 0 Å². The summed E-state index contributed by atoms with van der Waals surface area (Å²) < 4.78 is 2.98. The van der Waals surface area contributed by atoms with E-state index in [2.05, 4.69) is 28.0 Å². The fourth-order valence-corrected chi connectivity index (χ4v) is 2.72. The minimum absolute atomic E-state index is 0.490. The lowest BCUT2D eigenvalue weighted by atomic mass is 9.86. The first kappa shape index (κ1) is 11.0. The van der Waals surface area contributed by atoms with Gasteiger partial charge in [-0.2, -0.15) is 5.10 Å². The summed E-state index contributed by atoms with van der Waals surface area (Å²) >= 11 is 3.48. The molecule has 4 heteroatoms. The van der Waals surface area contributed by atoms with Gasteiger partial charge in [0.2, 0.25) is 0 Å². The van der Waals surface area contributed by atoms with Crippen molar-refractivity contribution >= 4 is 21.7 Å². The summed E-state index contributed by atoms with van der Waals surface area (Å²) in [7, 11) is 0. The zero-order valence-electron chi connectivity index (χ0n) is 9.33. The molecule has 1 aromatic heterocycles. The Labute approximate surface area is 99.2 Å². The van der Waals surface area contributed by atoms with E-state index in [9.17, 15) is 0 Å². The molecule has 1 aromatic rings. The van der Waals surface area contributed by atoms with Gasteiger partial charge in [-0.05, 0) is 41.6 Å². The topological polar surface area (TPSA) is 43.8 Å². The Morgan fingerprint density at radius 3 is 2.60 bits per heavy atom. The van der Waals surface area contributed by atoms with E-state index in [1.165, 1.54) is 25.7 Å². The van der Waals surface area contributed by atoms with Crippen molar-refractivity contribution < 1.29 is 0 Å². The van der Waals surface area contributed by atoms with Crippen molar-refractivity contribution in [2.75, 3.05) is 5.73 Å². The van der Waals surface area contributed by atoms with Crippen LogP contribution in [-0.2, 0) is 0 Å². The molecule has 15 heavy (non-hydrogen) atoms. The second-order valence-corrected chi connectivity index (χ2v) is 5.35. The molecule has 1 fully saturated rings. The maximum atomic E-state index is 6.05. The zero-order valence-corrected chi connectivity index (χ0v) is 10.9. The molecule has 0 bridgehead atoms. The van der Waals surface area contributed by atoms with Gasteiger partial charge in [-0.1, -0.05) is 19.8 Å². The number of hydrogen-bond acceptors (Lipinski definition) is 2. The lowest BCUT2D eigenvalue weighted by Gasteiger charge is -2.29. The molecule has 0 radical (unpaired) electrons. The number of nitrogen functional groups attached to an aromatic ring is 1. The van der Waals surface area contributed by atoms with Crippen LogP contribution in [0, 0.1) is 12.8 Å². The zero-order chi connectivity index (χ0) is 11.0. The van der Waals surface area contributed by atoms with Gasteiger partial charge < -0.3 is 5.73 Å². The van der Waals surface area contributed by atoms with E-state index >= 15 is 0 Å². The molecule has 0 saturated heterocycles. The SMILES string of the molecule is Cc1nn(C2CCCCC2C)c(N)c1Br. The van der Waals surface area contributed by atoms with Crippen LogP contribution in [0.15, 0.2) is 4.47 Å². The fourth-order valence-electron chi connectivity index (χ4n) is 2.46. The number of anilines is 1. The number of aryl methyl sites for hydroxylation is 1. The number of nitrogens with two attached hydrogens (primary N) is 1. The lowest BCUT2D eigenvalue weighted by molar-refractivity contribution is 0.242. The normalized spacial score (nSPS) is 26.9. The van der Waals surface area contributed by atoms with Crippen LogP contribution in [0.2, 0.25) is 0 Å². The number of hydrogen-bond donors (Lipinski definition) is 1. The number of rotatable bonds is 1. The van der Waals surface area contributed by atoms with Gasteiger partial charge in [0.05, 0.1) is 16.2 Å². The maximum Gasteiger partial charge on any atom is 0.136 e. The highest BCUT2D eigenvalue weighted by Crippen LogP contribution is 2.36. The Kier molecular flexibility index (Phi) is 3.05. The Morgan fingerprint density at radius 1 is 1.40 bits per heavy atom. The molecule has 2 rings (SSSR count). The molecular weight excluding hydrogens is 254 g/mol. The molecule has 2 N–H and O–H groups in total. The quantitative estimate of drug-likeness (QED) is 0.852. The first-order chi connectivity index (χ1) is 7.11. The van der Waals surface area contributed by atoms with Crippen molar-refractivity contribution in [3.05, 3.63) is 10.2 Å². The van der Waals surface area contributed by atoms with Crippen molar-refractivity contribution in [2.24, 2.45) is 5.92 Å². The molecule has 0 aliphatic heterocycles. The largest absolute Gasteiger partial charge is 0.383 e. The van der Waals surface area contributed by atoms with Gasteiger partial charge in [0.15, 0.2) is 0 Å². The molecule has 1 heterocycles. The highest BCUT2D eigenvalue weighted by molar-refractivity contribution is 9.10. The van der Waals surface area contributed by atoms with Gasteiger partial charge in [0.1, 0.15) is 5.82 Å². The van der Waals surface area contributed by atoms with Crippen LogP contribution < -0.4 is 5.73 Å². The molecule has 1 aliphatic rings. The first-order valence-electron chi connectivity index (χ1n) is 5.61. The van der Waals surface area contributed by atoms with E-state index in [0.29, 0.717) is 12.0 Å². The third-order valence-corrected chi connectivity index (χ3v) is 4.41. The van der Waals surface area contributed by atoms with Gasteiger partial charge in [-0.25, -0.2) is 4.68 Å². The van der Waals surface area contributed by atoms with Crippen molar-refractivity contribution in [1.29, 1.82) is 0 Å². The Hall–Kier alpha value is -0.510. The highest BCUT2D eigenvalue weighted by atomic mass is 79.9. The van der Waals surface area contributed by atoms with Crippen molar-refractivity contribution in [3.8, 4) is 0 Å². The van der Waals surface area contributed by atoms with E-state index in [1.54, 1.807) is 0 Å². The summed E-state index contributed by atoms with van der Waals surface area (Å²) in [5.41, 5.74) is 7.04. The van der Waals surface area contributed by atoms with Gasteiger partial charge in [-0.3, -0.25) is 0 Å². The molecule has 84 valence electrons. The first-order valence-corrected chi connectivity index (χ1v) is 6.40. The van der Waals surface area contributed by atoms with Gasteiger partial charge >= 0.3 is 0 Å². The van der Waals surface area contributed by atoms with Gasteiger partial charge in [0, 0.05) is 0 Å². The monoisotopic (exact) mass is 271 g/mol. The average molecular weight is 272 g/mol. The van der Waals surface area contributed by atoms with E-state index < -0.39 is 0 Å². The van der Waals surface area contributed by atoms with Crippen LogP contribution in [-0.4, -0.2) is 9.78 Å². The Bertz CT molecular complexity index is 359. The second-order valence-electron chi connectivity index (χ2n) is 4.56. The molecular formula is C11H18BrN3. The van der Waals surface area contributed by atoms with E-state index in [4.69, 9.17) is 5.73 Å². The number of halogens is 1. The average Bonchev–Trinajstić information content (AvgIpc) is 2.47. The third kappa shape index (κ3) is 1.92. The van der Waals surface area contributed by atoms with Gasteiger partial charge in [0.25, 0.3) is 0 Å². The second kappa shape index (κ2) is 4.16. The minimum Gasteiger partial charge on any atom is -0.383 e. The third-order valence-electron chi connectivity index (χ3n) is 3.43.